The third-order valence-electron chi connectivity index (χ3n) is 4.02. The number of halogens is 1. The Balaban J connectivity index is 2.13. The molecule has 0 fully saturated rings. The van der Waals surface area contributed by atoms with Crippen LogP contribution in [0.1, 0.15) is 35.6 Å². The molecule has 0 aliphatic carbocycles. The SMILES string of the molecule is CCc1nc2cc(C(C)=O)ccc2n1-c1ccc(CCCl)cc1. The quantitative estimate of drug-likeness (QED) is 0.508. The average molecular weight is 327 g/mol. The molecule has 3 aromatic rings. The second-order valence-electron chi connectivity index (χ2n) is 5.58. The van der Waals surface area contributed by atoms with E-state index in [2.05, 4.69) is 35.8 Å². The molecule has 0 unspecified atom stereocenters. The molecule has 118 valence electrons. The molecule has 1 heterocycles. The monoisotopic (exact) mass is 326 g/mol. The number of hydrogen-bond donors (Lipinski definition) is 0. The number of fused-ring (bicyclic) bond motifs is 1. The zero-order valence-corrected chi connectivity index (χ0v) is 14.1. The zero-order valence-electron chi connectivity index (χ0n) is 13.3. The minimum atomic E-state index is 0.0601. The molecule has 0 aliphatic heterocycles. The number of ketones is 1. The van der Waals surface area contributed by atoms with Crippen LogP contribution in [0.15, 0.2) is 42.5 Å². The highest BCUT2D eigenvalue weighted by Gasteiger charge is 2.12. The van der Waals surface area contributed by atoms with E-state index in [1.807, 2.05) is 18.2 Å². The van der Waals surface area contributed by atoms with Gasteiger partial charge in [-0.15, -0.1) is 11.6 Å². The van der Waals surface area contributed by atoms with Crippen LogP contribution in [-0.2, 0) is 12.8 Å². The van der Waals surface area contributed by atoms with Crippen LogP contribution in [0.4, 0.5) is 0 Å². The molecular formula is C19H19ClN2O. The summed E-state index contributed by atoms with van der Waals surface area (Å²) in [7, 11) is 0. The number of aromatic nitrogens is 2. The van der Waals surface area contributed by atoms with Gasteiger partial charge in [0.05, 0.1) is 11.0 Å². The van der Waals surface area contributed by atoms with Crippen LogP contribution in [0.3, 0.4) is 0 Å². The summed E-state index contributed by atoms with van der Waals surface area (Å²) in [6.45, 7) is 3.67. The zero-order chi connectivity index (χ0) is 16.4. The Morgan fingerprint density at radius 3 is 2.52 bits per heavy atom. The van der Waals surface area contributed by atoms with E-state index in [1.54, 1.807) is 6.92 Å². The molecule has 3 nitrogen and oxygen atoms in total. The fourth-order valence-corrected chi connectivity index (χ4v) is 3.01. The summed E-state index contributed by atoms with van der Waals surface area (Å²) in [5, 5.41) is 0. The first kappa shape index (κ1) is 15.8. The number of benzene rings is 2. The molecule has 0 N–H and O–H groups in total. The summed E-state index contributed by atoms with van der Waals surface area (Å²) in [6.07, 6.45) is 1.70. The lowest BCUT2D eigenvalue weighted by Gasteiger charge is -2.09. The first-order valence-electron chi connectivity index (χ1n) is 7.81. The summed E-state index contributed by atoms with van der Waals surface area (Å²) in [4.78, 5) is 16.3. The van der Waals surface area contributed by atoms with E-state index in [4.69, 9.17) is 16.6 Å². The third-order valence-corrected chi connectivity index (χ3v) is 4.21. The number of aryl methyl sites for hydroxylation is 2. The van der Waals surface area contributed by atoms with Crippen molar-refractivity contribution >= 4 is 28.4 Å². The van der Waals surface area contributed by atoms with Gasteiger partial charge in [0.15, 0.2) is 5.78 Å². The lowest BCUT2D eigenvalue weighted by atomic mass is 10.1. The Morgan fingerprint density at radius 2 is 1.91 bits per heavy atom. The number of hydrogen-bond acceptors (Lipinski definition) is 2. The predicted octanol–water partition coefficient (Wildman–Crippen LogP) is 4.57. The maximum Gasteiger partial charge on any atom is 0.159 e. The Bertz CT molecular complexity index is 850. The van der Waals surface area contributed by atoms with Crippen LogP contribution in [-0.4, -0.2) is 21.2 Å². The average Bonchev–Trinajstić information content (AvgIpc) is 2.93. The van der Waals surface area contributed by atoms with Crippen LogP contribution in [0, 0.1) is 0 Å². The van der Waals surface area contributed by atoms with E-state index in [0.717, 1.165) is 35.4 Å². The normalized spacial score (nSPS) is 11.1. The van der Waals surface area contributed by atoms with E-state index in [-0.39, 0.29) is 5.78 Å². The largest absolute Gasteiger partial charge is 0.296 e. The molecule has 2 aromatic carbocycles. The van der Waals surface area contributed by atoms with Gasteiger partial charge in [-0.1, -0.05) is 19.1 Å². The van der Waals surface area contributed by atoms with E-state index in [1.165, 1.54) is 5.56 Å². The lowest BCUT2D eigenvalue weighted by molar-refractivity contribution is 0.101. The highest BCUT2D eigenvalue weighted by atomic mass is 35.5. The van der Waals surface area contributed by atoms with Crippen molar-refractivity contribution in [2.24, 2.45) is 0 Å². The highest BCUT2D eigenvalue weighted by Crippen LogP contribution is 2.23. The van der Waals surface area contributed by atoms with Gasteiger partial charge in [0.25, 0.3) is 0 Å². The highest BCUT2D eigenvalue weighted by molar-refractivity contribution is 6.18. The van der Waals surface area contributed by atoms with Crippen LogP contribution in [0.5, 0.6) is 0 Å². The number of carbonyl (C=O) groups is 1. The number of Topliss-reactive ketones (excluding diaryl/α,β-unsaturated/α-hetero) is 1. The van der Waals surface area contributed by atoms with Gasteiger partial charge in [-0.2, -0.15) is 0 Å². The van der Waals surface area contributed by atoms with Crippen molar-refractivity contribution in [1.29, 1.82) is 0 Å². The van der Waals surface area contributed by atoms with Crippen molar-refractivity contribution in [3.8, 4) is 5.69 Å². The van der Waals surface area contributed by atoms with Gasteiger partial charge in [0.2, 0.25) is 0 Å². The number of carbonyl (C=O) groups excluding carboxylic acids is 1. The number of rotatable bonds is 5. The van der Waals surface area contributed by atoms with Crippen molar-refractivity contribution in [1.82, 2.24) is 9.55 Å². The van der Waals surface area contributed by atoms with Gasteiger partial charge in [0, 0.05) is 23.6 Å². The summed E-state index contributed by atoms with van der Waals surface area (Å²) in [5.41, 5.74) is 4.89. The fraction of sp³-hybridized carbons (Fsp3) is 0.263. The van der Waals surface area contributed by atoms with Crippen LogP contribution in [0.2, 0.25) is 0 Å². The fourth-order valence-electron chi connectivity index (χ4n) is 2.80. The third kappa shape index (κ3) is 3.02. The van der Waals surface area contributed by atoms with Gasteiger partial charge in [-0.3, -0.25) is 9.36 Å². The molecule has 1 aromatic heterocycles. The summed E-state index contributed by atoms with van der Waals surface area (Å²) in [5.74, 6) is 1.68. The van der Waals surface area contributed by atoms with Gasteiger partial charge in [0.1, 0.15) is 5.82 Å². The Morgan fingerprint density at radius 1 is 1.17 bits per heavy atom. The van der Waals surface area contributed by atoms with Gasteiger partial charge in [-0.25, -0.2) is 4.98 Å². The molecule has 0 saturated heterocycles. The first-order chi connectivity index (χ1) is 11.1. The molecule has 0 bridgehead atoms. The molecule has 0 amide bonds. The minimum absolute atomic E-state index is 0.0601. The molecular weight excluding hydrogens is 308 g/mol. The van der Waals surface area contributed by atoms with E-state index in [9.17, 15) is 4.79 Å². The maximum absolute atomic E-state index is 11.6. The maximum atomic E-state index is 11.6. The van der Waals surface area contributed by atoms with Crippen LogP contribution < -0.4 is 0 Å². The second-order valence-corrected chi connectivity index (χ2v) is 5.96. The second kappa shape index (κ2) is 6.55. The molecule has 23 heavy (non-hydrogen) atoms. The Hall–Kier alpha value is -2.13. The standard InChI is InChI=1S/C19H19ClN2O/c1-3-19-21-17-12-15(13(2)23)6-9-18(17)22(19)16-7-4-14(5-8-16)10-11-20/h4-9,12H,3,10-11H2,1-2H3. The van der Waals surface area contributed by atoms with Crippen LogP contribution >= 0.6 is 11.6 Å². The summed E-state index contributed by atoms with van der Waals surface area (Å²) in [6, 6.07) is 14.1. The summed E-state index contributed by atoms with van der Waals surface area (Å²) >= 11 is 5.80. The molecule has 4 heteroatoms. The van der Waals surface area contributed by atoms with Crippen molar-refractivity contribution in [2.45, 2.75) is 26.7 Å². The van der Waals surface area contributed by atoms with Crippen LogP contribution in [0.25, 0.3) is 16.7 Å². The summed E-state index contributed by atoms with van der Waals surface area (Å²) < 4.78 is 2.16. The molecule has 0 aliphatic rings. The molecule has 3 rings (SSSR count). The smallest absolute Gasteiger partial charge is 0.159 e. The lowest BCUT2D eigenvalue weighted by Crippen LogP contribution is -2.00. The molecule has 0 saturated carbocycles. The molecule has 0 atom stereocenters. The molecule has 0 radical (unpaired) electrons. The van der Waals surface area contributed by atoms with Gasteiger partial charge < -0.3 is 0 Å². The number of alkyl halides is 1. The number of nitrogens with zero attached hydrogens (tertiary/aromatic N) is 2. The topological polar surface area (TPSA) is 34.9 Å². The Kier molecular flexibility index (Phi) is 4.49. The first-order valence-corrected chi connectivity index (χ1v) is 8.35. The van der Waals surface area contributed by atoms with E-state index < -0.39 is 0 Å². The van der Waals surface area contributed by atoms with Crippen molar-refractivity contribution in [3.05, 3.63) is 59.4 Å². The van der Waals surface area contributed by atoms with Crippen molar-refractivity contribution in [3.63, 3.8) is 0 Å². The van der Waals surface area contributed by atoms with Gasteiger partial charge in [-0.05, 0) is 49.2 Å². The van der Waals surface area contributed by atoms with Crippen molar-refractivity contribution < 1.29 is 4.79 Å². The minimum Gasteiger partial charge on any atom is -0.296 e. The van der Waals surface area contributed by atoms with Crippen molar-refractivity contribution in [2.75, 3.05) is 5.88 Å². The Labute approximate surface area is 140 Å². The number of imidazole rings is 1. The predicted molar refractivity (Wildman–Crippen MR) is 94.9 cm³/mol. The molecule has 0 spiro atoms. The van der Waals surface area contributed by atoms with Gasteiger partial charge >= 0.3 is 0 Å². The van der Waals surface area contributed by atoms with E-state index in [0.29, 0.717) is 11.4 Å². The van der Waals surface area contributed by atoms with E-state index >= 15 is 0 Å².